The summed E-state index contributed by atoms with van der Waals surface area (Å²) >= 11 is 0. The van der Waals surface area contributed by atoms with Crippen LogP contribution in [0.4, 0.5) is 5.69 Å². The number of anilines is 1. The minimum absolute atomic E-state index is 0.396. The first-order valence-corrected chi connectivity index (χ1v) is 4.79. The van der Waals surface area contributed by atoms with Gasteiger partial charge in [-0.15, -0.1) is 4.40 Å². The van der Waals surface area contributed by atoms with Crippen LogP contribution in [-0.4, -0.2) is 15.4 Å². The first-order chi connectivity index (χ1) is 5.70. The molecule has 0 bridgehead atoms. The normalized spacial score (nSPS) is 20.8. The summed E-state index contributed by atoms with van der Waals surface area (Å²) in [5.41, 5.74) is 0.670. The van der Waals surface area contributed by atoms with Crippen LogP contribution in [0.3, 0.4) is 0 Å². The monoisotopic (exact) mass is 183 g/mol. The van der Waals surface area contributed by atoms with Gasteiger partial charge in [0.1, 0.15) is 11.2 Å². The van der Waals surface area contributed by atoms with E-state index in [1.165, 1.54) is 12.4 Å². The Morgan fingerprint density at radius 2 is 2.33 bits per heavy atom. The standard InChI is InChI=1S/C7H7N2O2S/c10-12(11)7-4-2-1-3-6(7)8-5-9-12/h1,3-5,10-11H,(H,8,9). The Morgan fingerprint density at radius 3 is 3.08 bits per heavy atom. The zero-order valence-electron chi connectivity index (χ0n) is 6.06. The maximum atomic E-state index is 9.41. The Kier molecular flexibility index (Phi) is 1.57. The Hall–Kier alpha value is -1.04. The molecule has 4 nitrogen and oxygen atoms in total. The highest BCUT2D eigenvalue weighted by Gasteiger charge is 2.20. The average molecular weight is 183 g/mol. The smallest absolute Gasteiger partial charge is 0.113 e. The highest BCUT2D eigenvalue weighted by molar-refractivity contribution is 8.23. The zero-order chi connectivity index (χ0) is 8.60. The lowest BCUT2D eigenvalue weighted by Crippen LogP contribution is -2.08. The molecule has 1 radical (unpaired) electrons. The van der Waals surface area contributed by atoms with Crippen LogP contribution in [0, 0.1) is 6.07 Å². The highest BCUT2D eigenvalue weighted by atomic mass is 32.3. The van der Waals surface area contributed by atoms with Gasteiger partial charge in [0.2, 0.25) is 0 Å². The largest absolute Gasteiger partial charge is 0.343 e. The first-order valence-electron chi connectivity index (χ1n) is 3.29. The molecule has 1 aromatic rings. The molecule has 0 unspecified atom stereocenters. The molecule has 3 N–H and O–H groups in total. The van der Waals surface area contributed by atoms with E-state index in [1.54, 1.807) is 12.1 Å². The van der Waals surface area contributed by atoms with Gasteiger partial charge in [-0.2, -0.15) is 0 Å². The van der Waals surface area contributed by atoms with Crippen LogP contribution < -0.4 is 5.32 Å². The third kappa shape index (κ3) is 1.08. The van der Waals surface area contributed by atoms with Gasteiger partial charge in [-0.05, 0) is 18.2 Å². The topological polar surface area (TPSA) is 64.8 Å². The molecule has 1 aliphatic heterocycles. The molecule has 12 heavy (non-hydrogen) atoms. The third-order valence-electron chi connectivity index (χ3n) is 1.54. The Bertz CT molecular complexity index is 338. The molecular formula is C7H7N2O2S. The van der Waals surface area contributed by atoms with Crippen molar-refractivity contribution in [3.05, 3.63) is 24.3 Å². The summed E-state index contributed by atoms with van der Waals surface area (Å²) < 4.78 is 22.4. The summed E-state index contributed by atoms with van der Waals surface area (Å²) in [5.74, 6) is 0. The zero-order valence-corrected chi connectivity index (χ0v) is 6.88. The van der Waals surface area contributed by atoms with Gasteiger partial charge in [-0.3, -0.25) is 9.11 Å². The number of hydrogen-bond acceptors (Lipinski definition) is 4. The predicted molar refractivity (Wildman–Crippen MR) is 48.5 cm³/mol. The van der Waals surface area contributed by atoms with Crippen molar-refractivity contribution in [2.24, 2.45) is 4.40 Å². The van der Waals surface area contributed by atoms with Crippen molar-refractivity contribution in [1.82, 2.24) is 0 Å². The fraction of sp³-hybridized carbons (Fsp3) is 0. The molecule has 0 fully saturated rings. The van der Waals surface area contributed by atoms with Crippen LogP contribution in [0.5, 0.6) is 0 Å². The fourth-order valence-electron chi connectivity index (χ4n) is 0.987. The van der Waals surface area contributed by atoms with E-state index in [-0.39, 0.29) is 0 Å². The van der Waals surface area contributed by atoms with Crippen LogP contribution in [0.1, 0.15) is 0 Å². The lowest BCUT2D eigenvalue weighted by atomic mass is 10.3. The van der Waals surface area contributed by atoms with Crippen LogP contribution >= 0.6 is 10.8 Å². The summed E-state index contributed by atoms with van der Waals surface area (Å²) in [7, 11) is -2.97. The summed E-state index contributed by atoms with van der Waals surface area (Å²) in [4.78, 5) is 0.396. The molecule has 0 saturated carbocycles. The molecule has 0 atom stereocenters. The van der Waals surface area contributed by atoms with Crippen LogP contribution in [0.25, 0.3) is 0 Å². The third-order valence-corrected chi connectivity index (χ3v) is 2.87. The minimum atomic E-state index is -2.97. The van der Waals surface area contributed by atoms with Crippen molar-refractivity contribution in [3.8, 4) is 0 Å². The number of benzene rings is 1. The first kappa shape index (κ1) is 7.60. The van der Waals surface area contributed by atoms with Crippen LogP contribution in [-0.2, 0) is 0 Å². The number of hydrogen-bond donors (Lipinski definition) is 3. The van der Waals surface area contributed by atoms with Gasteiger partial charge in [0, 0.05) is 0 Å². The second kappa shape index (κ2) is 2.48. The minimum Gasteiger partial charge on any atom is -0.343 e. The quantitative estimate of drug-likeness (QED) is 0.576. The summed E-state index contributed by atoms with van der Waals surface area (Å²) in [6, 6.07) is 7.70. The van der Waals surface area contributed by atoms with Crippen molar-refractivity contribution < 1.29 is 9.11 Å². The summed E-state index contributed by atoms with van der Waals surface area (Å²) in [5, 5.41) is 2.81. The van der Waals surface area contributed by atoms with Gasteiger partial charge in [-0.25, -0.2) is 0 Å². The van der Waals surface area contributed by atoms with Crippen LogP contribution in [0.15, 0.2) is 27.5 Å². The molecule has 0 amide bonds. The molecule has 0 aromatic heterocycles. The number of rotatable bonds is 0. The molecule has 63 valence electrons. The molecule has 5 heteroatoms. The Labute approximate surface area is 71.4 Å². The van der Waals surface area contributed by atoms with Gasteiger partial charge in [-0.1, -0.05) is 16.8 Å². The molecule has 0 spiro atoms. The SMILES string of the molecule is OS1(O)N=CNc2cc[c]cc21. The number of nitrogens with one attached hydrogen (secondary N) is 1. The second-order valence-corrected chi connectivity index (χ2v) is 4.01. The molecule has 1 aliphatic rings. The number of nitrogens with zero attached hydrogens (tertiary/aromatic N) is 1. The van der Waals surface area contributed by atoms with E-state index >= 15 is 0 Å². The van der Waals surface area contributed by atoms with Crippen molar-refractivity contribution >= 4 is 22.8 Å². The van der Waals surface area contributed by atoms with Crippen molar-refractivity contribution in [2.45, 2.75) is 4.90 Å². The van der Waals surface area contributed by atoms with E-state index in [9.17, 15) is 9.11 Å². The van der Waals surface area contributed by atoms with Gasteiger partial charge in [0.25, 0.3) is 0 Å². The van der Waals surface area contributed by atoms with Crippen molar-refractivity contribution in [3.63, 3.8) is 0 Å². The van der Waals surface area contributed by atoms with Gasteiger partial charge in [0.05, 0.1) is 5.69 Å². The van der Waals surface area contributed by atoms with Crippen LogP contribution in [0.2, 0.25) is 0 Å². The molecule has 0 saturated heterocycles. The fourth-order valence-corrected chi connectivity index (χ4v) is 1.95. The van der Waals surface area contributed by atoms with E-state index in [0.29, 0.717) is 10.6 Å². The molecule has 1 heterocycles. The van der Waals surface area contributed by atoms with E-state index in [1.807, 2.05) is 0 Å². The predicted octanol–water partition coefficient (Wildman–Crippen LogP) is 1.97. The van der Waals surface area contributed by atoms with E-state index < -0.39 is 10.8 Å². The van der Waals surface area contributed by atoms with E-state index in [4.69, 9.17) is 0 Å². The lowest BCUT2D eigenvalue weighted by Gasteiger charge is -2.31. The highest BCUT2D eigenvalue weighted by Crippen LogP contribution is 2.53. The summed E-state index contributed by atoms with van der Waals surface area (Å²) in [6.07, 6.45) is 1.29. The molecule has 2 rings (SSSR count). The number of fused-ring (bicyclic) bond motifs is 1. The van der Waals surface area contributed by atoms with Crippen molar-refractivity contribution in [2.75, 3.05) is 5.32 Å². The maximum Gasteiger partial charge on any atom is 0.113 e. The Balaban J connectivity index is 2.58. The molecular weight excluding hydrogens is 176 g/mol. The lowest BCUT2D eigenvalue weighted by molar-refractivity contribution is 0.489. The van der Waals surface area contributed by atoms with Gasteiger partial charge in [0.15, 0.2) is 0 Å². The maximum absolute atomic E-state index is 9.41. The Morgan fingerprint density at radius 1 is 1.50 bits per heavy atom. The van der Waals surface area contributed by atoms with Gasteiger partial charge < -0.3 is 5.32 Å². The van der Waals surface area contributed by atoms with E-state index in [0.717, 1.165) is 0 Å². The second-order valence-electron chi connectivity index (χ2n) is 2.32. The van der Waals surface area contributed by atoms with E-state index in [2.05, 4.69) is 15.8 Å². The summed E-state index contributed by atoms with van der Waals surface area (Å²) in [6.45, 7) is 0. The average Bonchev–Trinajstić information content (AvgIpc) is 2.04. The van der Waals surface area contributed by atoms with Gasteiger partial charge >= 0.3 is 0 Å². The molecule has 1 aromatic carbocycles. The van der Waals surface area contributed by atoms with Crippen molar-refractivity contribution in [1.29, 1.82) is 0 Å². The molecule has 0 aliphatic carbocycles.